The van der Waals surface area contributed by atoms with Crippen LogP contribution in [-0.2, 0) is 4.74 Å². The van der Waals surface area contributed by atoms with Crippen LogP contribution in [0.1, 0.15) is 6.92 Å². The number of rotatable bonds is 6. The molecule has 1 saturated heterocycles. The zero-order chi connectivity index (χ0) is 20.3. The molecule has 0 aliphatic carbocycles. The summed E-state index contributed by atoms with van der Waals surface area (Å²) in [6, 6.07) is 3.24. The molecule has 2 heterocycles. The number of hydrogen-bond acceptors (Lipinski definition) is 6. The van der Waals surface area contributed by atoms with E-state index in [4.69, 9.17) is 4.74 Å². The first-order chi connectivity index (χ1) is 12.4. The molecule has 0 spiro atoms. The topological polar surface area (TPSA) is 61.5 Å². The molecule has 1 aromatic rings. The van der Waals surface area contributed by atoms with Crippen molar-refractivity contribution in [1.29, 1.82) is 0 Å². The fraction of sp³-hybridized carbons (Fsp3) is 0.533. The van der Waals surface area contributed by atoms with E-state index in [-0.39, 0.29) is 6.92 Å². The average Bonchev–Trinajstić information content (AvgIpc) is 2.59. The summed E-state index contributed by atoms with van der Waals surface area (Å²) in [4.78, 5) is 6.18. The normalized spacial score (nSPS) is 16.0. The van der Waals surface area contributed by atoms with E-state index in [1.807, 2.05) is 4.90 Å². The first kappa shape index (κ1) is 20.9. The van der Waals surface area contributed by atoms with Crippen LogP contribution in [0.2, 0.25) is 0 Å². The van der Waals surface area contributed by atoms with E-state index in [1.165, 1.54) is 11.5 Å². The van der Waals surface area contributed by atoms with Gasteiger partial charge in [0, 0.05) is 13.1 Å². The highest BCUT2D eigenvalue weighted by atomic mass is 19.4. The molecule has 2 rings (SSSR count). The maximum atomic E-state index is 12.8. The summed E-state index contributed by atoms with van der Waals surface area (Å²) in [5.41, 5.74) is 0.797. The Morgan fingerprint density at radius 2 is 1.70 bits per heavy atom. The van der Waals surface area contributed by atoms with Crippen molar-refractivity contribution in [3.8, 4) is 0 Å². The average molecular weight is 399 g/mol. The van der Waals surface area contributed by atoms with Crippen LogP contribution >= 0.6 is 0 Å². The van der Waals surface area contributed by atoms with Crippen LogP contribution < -0.4 is 21.1 Å². The van der Waals surface area contributed by atoms with Crippen molar-refractivity contribution in [3.05, 3.63) is 30.7 Å². The lowest BCUT2D eigenvalue weighted by Crippen LogP contribution is -2.64. The molecule has 3 N–H and O–H groups in total. The van der Waals surface area contributed by atoms with Crippen molar-refractivity contribution in [2.24, 2.45) is 0 Å². The van der Waals surface area contributed by atoms with Crippen molar-refractivity contribution in [1.82, 2.24) is 15.7 Å². The Morgan fingerprint density at radius 1 is 1.11 bits per heavy atom. The van der Waals surface area contributed by atoms with Gasteiger partial charge in [0.15, 0.2) is 0 Å². The van der Waals surface area contributed by atoms with Gasteiger partial charge in [-0.15, -0.1) is 0 Å². The number of nitrogens with zero attached hydrogens (tertiary/aromatic N) is 2. The van der Waals surface area contributed by atoms with Gasteiger partial charge in [-0.1, -0.05) is 6.58 Å². The van der Waals surface area contributed by atoms with Crippen LogP contribution in [0.25, 0.3) is 0 Å². The van der Waals surface area contributed by atoms with E-state index >= 15 is 0 Å². The highest BCUT2D eigenvalue weighted by molar-refractivity contribution is 5.48. The zero-order valence-corrected chi connectivity index (χ0v) is 14.3. The summed E-state index contributed by atoms with van der Waals surface area (Å²) in [6.07, 6.45) is -9.76. The molecule has 0 unspecified atom stereocenters. The van der Waals surface area contributed by atoms with Crippen molar-refractivity contribution in [2.45, 2.75) is 24.8 Å². The first-order valence-corrected chi connectivity index (χ1v) is 7.85. The molecular weight excluding hydrogens is 380 g/mol. The number of morpholine rings is 1. The van der Waals surface area contributed by atoms with E-state index in [0.29, 0.717) is 37.8 Å². The number of hydrazine groups is 1. The molecular formula is C15H19F6N5O. The Morgan fingerprint density at radius 3 is 2.19 bits per heavy atom. The van der Waals surface area contributed by atoms with Crippen LogP contribution in [0, 0.1) is 0 Å². The number of halogens is 6. The van der Waals surface area contributed by atoms with Crippen molar-refractivity contribution < 1.29 is 31.1 Å². The predicted molar refractivity (Wildman–Crippen MR) is 86.8 cm³/mol. The quantitative estimate of drug-likeness (QED) is 0.505. The van der Waals surface area contributed by atoms with Gasteiger partial charge in [-0.25, -0.2) is 4.98 Å². The van der Waals surface area contributed by atoms with Crippen molar-refractivity contribution in [2.75, 3.05) is 36.6 Å². The lowest BCUT2D eigenvalue weighted by molar-refractivity contribution is -0.299. The molecule has 1 aliphatic heterocycles. The van der Waals surface area contributed by atoms with Crippen LogP contribution in [0.5, 0.6) is 0 Å². The lowest BCUT2D eigenvalue weighted by atomic mass is 10.0. The minimum Gasteiger partial charge on any atom is -0.378 e. The molecule has 0 atom stereocenters. The zero-order valence-electron chi connectivity index (χ0n) is 14.3. The molecule has 1 aromatic heterocycles. The summed E-state index contributed by atoms with van der Waals surface area (Å²) < 4.78 is 82.3. The van der Waals surface area contributed by atoms with Gasteiger partial charge in [-0.05, 0) is 19.1 Å². The number of nitrogens with one attached hydrogen (secondary N) is 3. The summed E-state index contributed by atoms with van der Waals surface area (Å²) >= 11 is 0. The van der Waals surface area contributed by atoms with Crippen LogP contribution in [0.4, 0.5) is 37.8 Å². The highest BCUT2D eigenvalue weighted by Crippen LogP contribution is 2.43. The third kappa shape index (κ3) is 4.87. The summed E-state index contributed by atoms with van der Waals surface area (Å²) in [7, 11) is 0. The van der Waals surface area contributed by atoms with Crippen LogP contribution in [0.15, 0.2) is 30.7 Å². The largest absolute Gasteiger partial charge is 0.420 e. The SMILES string of the molecule is C=C(NNc1ccc(N2CCOCC2)nc1)NC(C)(C(F)(F)F)C(F)(F)F. The van der Waals surface area contributed by atoms with E-state index in [2.05, 4.69) is 22.4 Å². The van der Waals surface area contributed by atoms with Gasteiger partial charge in [-0.2, -0.15) is 26.3 Å². The molecule has 0 aromatic carbocycles. The second-order valence-electron chi connectivity index (χ2n) is 5.98. The Balaban J connectivity index is 1.94. The molecule has 1 fully saturated rings. The van der Waals surface area contributed by atoms with Gasteiger partial charge in [0.2, 0.25) is 5.54 Å². The van der Waals surface area contributed by atoms with Crippen molar-refractivity contribution >= 4 is 11.5 Å². The van der Waals surface area contributed by atoms with E-state index in [9.17, 15) is 26.3 Å². The van der Waals surface area contributed by atoms with E-state index in [1.54, 1.807) is 12.1 Å². The van der Waals surface area contributed by atoms with Gasteiger partial charge in [0.25, 0.3) is 0 Å². The van der Waals surface area contributed by atoms with Gasteiger partial charge in [0.05, 0.1) is 25.1 Å². The number of anilines is 2. The Kier molecular flexibility index (Phi) is 5.97. The minimum atomic E-state index is -5.57. The van der Waals surface area contributed by atoms with Gasteiger partial charge < -0.3 is 15.0 Å². The molecule has 27 heavy (non-hydrogen) atoms. The maximum Gasteiger partial charge on any atom is 0.420 e. The third-order valence-electron chi connectivity index (χ3n) is 3.98. The number of pyridine rings is 1. The molecule has 6 nitrogen and oxygen atoms in total. The maximum absolute atomic E-state index is 12.8. The van der Waals surface area contributed by atoms with Gasteiger partial charge in [0.1, 0.15) is 11.6 Å². The second-order valence-corrected chi connectivity index (χ2v) is 5.98. The molecule has 0 amide bonds. The molecule has 152 valence electrons. The molecule has 12 heteroatoms. The smallest absolute Gasteiger partial charge is 0.378 e. The van der Waals surface area contributed by atoms with Crippen molar-refractivity contribution in [3.63, 3.8) is 0 Å². The number of hydrogen-bond donors (Lipinski definition) is 3. The predicted octanol–water partition coefficient (Wildman–Crippen LogP) is 2.78. The standard InChI is InChI=1S/C15H19F6N5O/c1-10(23-13(2,14(16,17)18)15(19,20)21)24-25-11-3-4-12(22-9-11)26-5-7-27-8-6-26/h3-4,9,23-25H,1,5-8H2,2H3. The summed E-state index contributed by atoms with van der Waals surface area (Å²) in [5.74, 6) is -0.0214. The molecule has 0 bridgehead atoms. The van der Waals surface area contributed by atoms with Gasteiger partial charge >= 0.3 is 12.4 Å². The Bertz CT molecular complexity index is 626. The third-order valence-corrected chi connectivity index (χ3v) is 3.98. The van der Waals surface area contributed by atoms with Gasteiger partial charge in [-0.3, -0.25) is 10.9 Å². The lowest BCUT2D eigenvalue weighted by Gasteiger charge is -2.36. The van der Waals surface area contributed by atoms with E-state index in [0.717, 1.165) is 0 Å². The van der Waals surface area contributed by atoms with E-state index < -0.39 is 23.7 Å². The minimum absolute atomic E-state index is 0.00145. The fourth-order valence-corrected chi connectivity index (χ4v) is 2.22. The Labute approximate surface area is 151 Å². The summed E-state index contributed by atoms with van der Waals surface area (Å²) in [6.45, 7) is 5.64. The first-order valence-electron chi connectivity index (χ1n) is 7.85. The molecule has 0 saturated carbocycles. The molecule has 0 radical (unpaired) electrons. The van der Waals surface area contributed by atoms with Crippen LogP contribution in [0.3, 0.4) is 0 Å². The summed E-state index contributed by atoms with van der Waals surface area (Å²) in [5, 5.41) is 1.35. The monoisotopic (exact) mass is 399 g/mol. The fourth-order valence-electron chi connectivity index (χ4n) is 2.22. The number of ether oxygens (including phenoxy) is 1. The second kappa shape index (κ2) is 7.71. The number of aromatic nitrogens is 1. The van der Waals surface area contributed by atoms with Crippen LogP contribution in [-0.4, -0.2) is 49.2 Å². The highest BCUT2D eigenvalue weighted by Gasteiger charge is 2.68. The molecule has 1 aliphatic rings. The Hall–Kier alpha value is -2.37. The number of alkyl halides is 6.